The molecule has 2 aromatic rings. The van der Waals surface area contributed by atoms with Crippen LogP contribution in [0.2, 0.25) is 0 Å². The van der Waals surface area contributed by atoms with Gasteiger partial charge in [0.15, 0.2) is 11.0 Å². The largest absolute Gasteiger partial charge is 0.497 e. The number of thioether (sulfide) groups is 1. The summed E-state index contributed by atoms with van der Waals surface area (Å²) in [6.07, 6.45) is 12.3. The minimum absolute atomic E-state index is 0.0804. The number of amides is 2. The second kappa shape index (κ2) is 13.1. The van der Waals surface area contributed by atoms with Crippen LogP contribution in [0.3, 0.4) is 0 Å². The minimum atomic E-state index is -0.0804. The Hall–Kier alpha value is -2.55. The summed E-state index contributed by atoms with van der Waals surface area (Å²) in [5.74, 6) is 1.97. The van der Waals surface area contributed by atoms with Crippen molar-refractivity contribution in [1.82, 2.24) is 25.0 Å². The van der Waals surface area contributed by atoms with Crippen molar-refractivity contribution in [2.24, 2.45) is 7.05 Å². The molecule has 0 spiro atoms. The quantitative estimate of drug-likeness (QED) is 0.478. The van der Waals surface area contributed by atoms with Gasteiger partial charge in [0.05, 0.1) is 25.8 Å². The van der Waals surface area contributed by atoms with Gasteiger partial charge in [0.25, 0.3) is 0 Å². The van der Waals surface area contributed by atoms with Gasteiger partial charge in [-0.2, -0.15) is 0 Å². The van der Waals surface area contributed by atoms with Crippen molar-refractivity contribution >= 4 is 23.6 Å². The number of benzene rings is 1. The third-order valence-electron chi connectivity index (χ3n) is 7.44. The van der Waals surface area contributed by atoms with Crippen LogP contribution in [0.15, 0.2) is 29.4 Å². The summed E-state index contributed by atoms with van der Waals surface area (Å²) in [5, 5.41) is 12.2. The van der Waals surface area contributed by atoms with Crippen molar-refractivity contribution in [1.29, 1.82) is 0 Å². The summed E-state index contributed by atoms with van der Waals surface area (Å²) in [6, 6.07) is 8.25. The molecule has 0 atom stereocenters. The van der Waals surface area contributed by atoms with E-state index in [1.54, 1.807) is 7.11 Å². The molecule has 0 saturated heterocycles. The molecule has 36 heavy (non-hydrogen) atoms. The third-order valence-corrected chi connectivity index (χ3v) is 8.45. The average Bonchev–Trinajstić information content (AvgIpc) is 3.27. The Labute approximate surface area is 218 Å². The highest BCUT2D eigenvalue weighted by atomic mass is 32.2. The summed E-state index contributed by atoms with van der Waals surface area (Å²) in [6.45, 7) is 0.295. The molecule has 2 saturated carbocycles. The van der Waals surface area contributed by atoms with Crippen molar-refractivity contribution in [3.8, 4) is 5.75 Å². The number of hydrogen-bond donors (Lipinski definition) is 1. The van der Waals surface area contributed by atoms with Crippen LogP contribution in [-0.4, -0.2) is 56.4 Å². The highest BCUT2D eigenvalue weighted by molar-refractivity contribution is 7.99. The Bertz CT molecular complexity index is 979. The maximum Gasteiger partial charge on any atom is 0.233 e. The molecule has 8 nitrogen and oxygen atoms in total. The van der Waals surface area contributed by atoms with E-state index in [1.165, 1.54) is 50.3 Å². The summed E-state index contributed by atoms with van der Waals surface area (Å²) < 4.78 is 7.03. The van der Waals surface area contributed by atoms with Gasteiger partial charge in [0.2, 0.25) is 11.8 Å². The molecule has 0 radical (unpaired) electrons. The van der Waals surface area contributed by atoms with E-state index < -0.39 is 0 Å². The van der Waals surface area contributed by atoms with E-state index in [4.69, 9.17) is 4.74 Å². The zero-order valence-electron chi connectivity index (χ0n) is 21.6. The van der Waals surface area contributed by atoms with Gasteiger partial charge in [-0.1, -0.05) is 62.4 Å². The van der Waals surface area contributed by atoms with Gasteiger partial charge >= 0.3 is 0 Å². The van der Waals surface area contributed by atoms with Crippen molar-refractivity contribution in [2.75, 3.05) is 12.9 Å². The van der Waals surface area contributed by atoms with E-state index in [-0.39, 0.29) is 18.2 Å². The highest BCUT2D eigenvalue weighted by Crippen LogP contribution is 2.31. The van der Waals surface area contributed by atoms with E-state index in [2.05, 4.69) is 20.4 Å². The van der Waals surface area contributed by atoms with E-state index >= 15 is 0 Å². The molecule has 1 heterocycles. The molecule has 1 aromatic heterocycles. The lowest BCUT2D eigenvalue weighted by Gasteiger charge is -2.41. The zero-order valence-corrected chi connectivity index (χ0v) is 22.4. The van der Waals surface area contributed by atoms with E-state index in [1.807, 2.05) is 35.9 Å². The van der Waals surface area contributed by atoms with Crippen LogP contribution < -0.4 is 10.1 Å². The normalized spacial score (nSPS) is 17.1. The van der Waals surface area contributed by atoms with Crippen LogP contribution in [0.4, 0.5) is 0 Å². The molecular weight excluding hydrogens is 474 g/mol. The maximum absolute atomic E-state index is 13.4. The SMILES string of the molecule is COc1ccc(CC(=O)NCc2nnc(SCC(=O)N(C3CCCCC3)C3CCCCC3)n2C)cc1. The Morgan fingerprint density at radius 1 is 1.00 bits per heavy atom. The first-order valence-electron chi connectivity index (χ1n) is 13.3. The number of ether oxygens (including phenoxy) is 1. The average molecular weight is 514 g/mol. The maximum atomic E-state index is 13.4. The number of rotatable bonds is 10. The number of nitrogens with one attached hydrogen (secondary N) is 1. The molecule has 0 unspecified atom stereocenters. The van der Waals surface area contributed by atoms with E-state index in [0.717, 1.165) is 37.0 Å². The van der Waals surface area contributed by atoms with Gasteiger partial charge < -0.3 is 19.5 Å². The van der Waals surface area contributed by atoms with Gasteiger partial charge in [-0.15, -0.1) is 10.2 Å². The second-order valence-electron chi connectivity index (χ2n) is 9.93. The number of nitrogens with zero attached hydrogens (tertiary/aromatic N) is 4. The highest BCUT2D eigenvalue weighted by Gasteiger charge is 2.32. The molecule has 9 heteroatoms. The lowest BCUT2D eigenvalue weighted by atomic mass is 9.88. The smallest absolute Gasteiger partial charge is 0.233 e. The molecule has 0 aliphatic heterocycles. The number of carbonyl (C=O) groups is 2. The molecule has 2 aliphatic carbocycles. The summed E-state index contributed by atoms with van der Waals surface area (Å²) in [5.41, 5.74) is 0.918. The third kappa shape index (κ3) is 7.02. The van der Waals surface area contributed by atoms with Gasteiger partial charge in [-0.25, -0.2) is 0 Å². The van der Waals surface area contributed by atoms with Crippen LogP contribution >= 0.6 is 11.8 Å². The molecule has 4 rings (SSSR count). The molecule has 196 valence electrons. The first kappa shape index (κ1) is 26.5. The number of aromatic nitrogens is 3. The fourth-order valence-electron chi connectivity index (χ4n) is 5.42. The topological polar surface area (TPSA) is 89.3 Å². The fraction of sp³-hybridized carbons (Fsp3) is 0.630. The summed E-state index contributed by atoms with van der Waals surface area (Å²) in [7, 11) is 3.51. The molecular formula is C27H39N5O3S. The first-order valence-corrected chi connectivity index (χ1v) is 14.3. The lowest BCUT2D eigenvalue weighted by Crippen LogP contribution is -2.49. The van der Waals surface area contributed by atoms with Crippen LogP contribution in [0.1, 0.15) is 75.6 Å². The van der Waals surface area contributed by atoms with Gasteiger partial charge in [0.1, 0.15) is 5.75 Å². The Balaban J connectivity index is 1.30. The van der Waals surface area contributed by atoms with Crippen molar-refractivity contribution in [3.63, 3.8) is 0 Å². The predicted molar refractivity (Wildman–Crippen MR) is 141 cm³/mol. The predicted octanol–water partition coefficient (Wildman–Crippen LogP) is 4.27. The molecule has 1 aromatic carbocycles. The van der Waals surface area contributed by atoms with Gasteiger partial charge in [-0.3, -0.25) is 9.59 Å². The molecule has 2 fully saturated rings. The Kier molecular flexibility index (Phi) is 9.67. The van der Waals surface area contributed by atoms with Crippen molar-refractivity contribution < 1.29 is 14.3 Å². The van der Waals surface area contributed by atoms with Crippen LogP contribution in [0.25, 0.3) is 0 Å². The monoisotopic (exact) mass is 513 g/mol. The standard InChI is InChI=1S/C27H39N5O3S/c1-31-24(18-28-25(33)17-20-13-15-23(35-2)16-14-20)29-30-27(31)36-19-26(34)32(21-9-5-3-6-10-21)22-11-7-4-8-12-22/h13-16,21-22H,3-12,17-19H2,1-2H3,(H,28,33). The molecule has 0 bridgehead atoms. The Morgan fingerprint density at radius 2 is 1.61 bits per heavy atom. The van der Waals surface area contributed by atoms with E-state index in [0.29, 0.717) is 35.4 Å². The Morgan fingerprint density at radius 3 is 2.19 bits per heavy atom. The van der Waals surface area contributed by atoms with Gasteiger partial charge in [0, 0.05) is 19.1 Å². The second-order valence-corrected chi connectivity index (χ2v) is 10.9. The fourth-order valence-corrected chi connectivity index (χ4v) is 6.22. The number of methoxy groups -OCH3 is 1. The van der Waals surface area contributed by atoms with Crippen LogP contribution in [0.5, 0.6) is 5.75 Å². The van der Waals surface area contributed by atoms with Crippen LogP contribution in [-0.2, 0) is 29.6 Å². The molecule has 2 amide bonds. The van der Waals surface area contributed by atoms with Crippen molar-refractivity contribution in [2.45, 2.75) is 94.4 Å². The molecule has 1 N–H and O–H groups in total. The zero-order chi connectivity index (χ0) is 25.3. The summed E-state index contributed by atoms with van der Waals surface area (Å²) in [4.78, 5) is 28.1. The number of carbonyl (C=O) groups excluding carboxylic acids is 2. The van der Waals surface area contributed by atoms with Gasteiger partial charge in [-0.05, 0) is 43.4 Å². The number of hydrogen-bond acceptors (Lipinski definition) is 6. The van der Waals surface area contributed by atoms with E-state index in [9.17, 15) is 9.59 Å². The minimum Gasteiger partial charge on any atom is -0.497 e. The first-order chi connectivity index (χ1) is 17.5. The summed E-state index contributed by atoms with van der Waals surface area (Å²) >= 11 is 1.45. The molecule has 2 aliphatic rings. The lowest BCUT2D eigenvalue weighted by molar-refractivity contribution is -0.135. The van der Waals surface area contributed by atoms with Crippen LogP contribution in [0, 0.1) is 0 Å². The van der Waals surface area contributed by atoms with Crippen molar-refractivity contribution in [3.05, 3.63) is 35.7 Å².